The fourth-order valence-corrected chi connectivity index (χ4v) is 1.86. The molecule has 0 radical (unpaired) electrons. The van der Waals surface area contributed by atoms with Gasteiger partial charge < -0.3 is 5.73 Å². The van der Waals surface area contributed by atoms with Crippen molar-refractivity contribution in [2.45, 2.75) is 33.2 Å². The van der Waals surface area contributed by atoms with Gasteiger partial charge in [0, 0.05) is 23.5 Å². The van der Waals surface area contributed by atoms with Crippen LogP contribution in [0.4, 0.5) is 0 Å². The van der Waals surface area contributed by atoms with Crippen LogP contribution >= 0.6 is 0 Å². The maximum absolute atomic E-state index is 5.66. The van der Waals surface area contributed by atoms with E-state index in [1.807, 2.05) is 31.2 Å². The number of nitrogens with zero attached hydrogens (tertiary/aromatic N) is 2. The summed E-state index contributed by atoms with van der Waals surface area (Å²) < 4.78 is 0. The van der Waals surface area contributed by atoms with Crippen LogP contribution in [-0.2, 0) is 6.54 Å². The van der Waals surface area contributed by atoms with Crippen LogP contribution in [0.1, 0.15) is 36.7 Å². The molecule has 0 amide bonds. The van der Waals surface area contributed by atoms with E-state index in [9.17, 15) is 0 Å². The summed E-state index contributed by atoms with van der Waals surface area (Å²) in [4.78, 5) is 9.14. The van der Waals surface area contributed by atoms with Gasteiger partial charge in [-0.15, -0.1) is 0 Å². The molecule has 18 heavy (non-hydrogen) atoms. The number of rotatable bonds is 3. The summed E-state index contributed by atoms with van der Waals surface area (Å²) in [6.07, 6.45) is 0. The van der Waals surface area contributed by atoms with Crippen molar-refractivity contribution in [2.24, 2.45) is 5.73 Å². The highest BCUT2D eigenvalue weighted by molar-refractivity contribution is 5.56. The van der Waals surface area contributed by atoms with E-state index in [1.165, 1.54) is 0 Å². The average Bonchev–Trinajstić information content (AvgIpc) is 2.38. The minimum atomic E-state index is 0.406. The highest BCUT2D eigenvalue weighted by Gasteiger charge is 2.08. The Kier molecular flexibility index (Phi) is 3.72. The van der Waals surface area contributed by atoms with Gasteiger partial charge in [-0.25, -0.2) is 9.97 Å². The summed E-state index contributed by atoms with van der Waals surface area (Å²) in [6.45, 7) is 6.82. The molecule has 94 valence electrons. The number of nitrogens with two attached hydrogens (primary N) is 1. The van der Waals surface area contributed by atoms with Crippen molar-refractivity contribution in [3.8, 4) is 11.4 Å². The molecule has 0 unspecified atom stereocenters. The molecule has 0 aliphatic rings. The molecule has 1 heterocycles. The molecule has 3 heteroatoms. The second-order valence-electron chi connectivity index (χ2n) is 4.82. The van der Waals surface area contributed by atoms with Gasteiger partial charge in [-0.05, 0) is 30.5 Å². The predicted molar refractivity (Wildman–Crippen MR) is 74.2 cm³/mol. The fourth-order valence-electron chi connectivity index (χ4n) is 1.86. The average molecular weight is 241 g/mol. The number of hydrogen-bond acceptors (Lipinski definition) is 3. The summed E-state index contributed by atoms with van der Waals surface area (Å²) in [6, 6.07) is 10.1. The third kappa shape index (κ3) is 2.74. The van der Waals surface area contributed by atoms with E-state index in [0.29, 0.717) is 12.5 Å². The Hall–Kier alpha value is -1.74. The molecular weight excluding hydrogens is 222 g/mol. The van der Waals surface area contributed by atoms with Crippen LogP contribution in [0.25, 0.3) is 11.4 Å². The van der Waals surface area contributed by atoms with Crippen molar-refractivity contribution in [1.29, 1.82) is 0 Å². The quantitative estimate of drug-likeness (QED) is 0.898. The van der Waals surface area contributed by atoms with Gasteiger partial charge in [0.25, 0.3) is 0 Å². The number of hydrogen-bond donors (Lipinski definition) is 1. The molecule has 0 bridgehead atoms. The number of aryl methyl sites for hydroxylation is 1. The highest BCUT2D eigenvalue weighted by atomic mass is 14.9. The number of aromatic nitrogens is 2. The first-order valence-corrected chi connectivity index (χ1v) is 6.25. The van der Waals surface area contributed by atoms with Gasteiger partial charge in [0.05, 0.1) is 0 Å². The van der Waals surface area contributed by atoms with Crippen LogP contribution in [0.3, 0.4) is 0 Å². The zero-order valence-electron chi connectivity index (χ0n) is 11.1. The lowest BCUT2D eigenvalue weighted by molar-refractivity contribution is 0.812. The summed E-state index contributed by atoms with van der Waals surface area (Å²) >= 11 is 0. The van der Waals surface area contributed by atoms with Crippen LogP contribution in [-0.4, -0.2) is 9.97 Å². The summed E-state index contributed by atoms with van der Waals surface area (Å²) in [5.41, 5.74) is 9.88. The molecule has 0 saturated carbocycles. The van der Waals surface area contributed by atoms with Gasteiger partial charge in [-0.1, -0.05) is 32.0 Å². The largest absolute Gasteiger partial charge is 0.326 e. The Morgan fingerprint density at radius 3 is 2.61 bits per heavy atom. The predicted octanol–water partition coefficient (Wildman–Crippen LogP) is 3.03. The van der Waals surface area contributed by atoms with Crippen LogP contribution in [0.2, 0.25) is 0 Å². The van der Waals surface area contributed by atoms with E-state index in [1.54, 1.807) is 0 Å². The van der Waals surface area contributed by atoms with E-state index in [4.69, 9.17) is 5.73 Å². The van der Waals surface area contributed by atoms with E-state index >= 15 is 0 Å². The molecular formula is C15H19N3. The molecule has 1 aromatic heterocycles. The van der Waals surface area contributed by atoms with E-state index in [0.717, 1.165) is 28.3 Å². The van der Waals surface area contributed by atoms with E-state index < -0.39 is 0 Å². The van der Waals surface area contributed by atoms with Crippen LogP contribution in [0.5, 0.6) is 0 Å². The SMILES string of the molecule is Cc1cc(C(C)C)nc(-c2cccc(CN)c2)n1. The summed E-state index contributed by atoms with van der Waals surface area (Å²) in [5, 5.41) is 0. The van der Waals surface area contributed by atoms with Crippen molar-refractivity contribution in [3.63, 3.8) is 0 Å². The maximum Gasteiger partial charge on any atom is 0.159 e. The minimum Gasteiger partial charge on any atom is -0.326 e. The summed E-state index contributed by atoms with van der Waals surface area (Å²) in [7, 11) is 0. The van der Waals surface area contributed by atoms with Gasteiger partial charge in [0.15, 0.2) is 5.82 Å². The highest BCUT2D eigenvalue weighted by Crippen LogP contribution is 2.20. The molecule has 1 aromatic carbocycles. The van der Waals surface area contributed by atoms with Crippen molar-refractivity contribution >= 4 is 0 Å². The lowest BCUT2D eigenvalue weighted by Gasteiger charge is -2.09. The Morgan fingerprint density at radius 2 is 1.94 bits per heavy atom. The minimum absolute atomic E-state index is 0.406. The molecule has 0 atom stereocenters. The maximum atomic E-state index is 5.66. The van der Waals surface area contributed by atoms with Crippen molar-refractivity contribution in [1.82, 2.24) is 9.97 Å². The van der Waals surface area contributed by atoms with Crippen LogP contribution < -0.4 is 5.73 Å². The zero-order valence-corrected chi connectivity index (χ0v) is 11.1. The van der Waals surface area contributed by atoms with Gasteiger partial charge in [0.2, 0.25) is 0 Å². The monoisotopic (exact) mass is 241 g/mol. The first kappa shape index (κ1) is 12.7. The Morgan fingerprint density at radius 1 is 1.17 bits per heavy atom. The van der Waals surface area contributed by atoms with Crippen molar-refractivity contribution in [2.75, 3.05) is 0 Å². The van der Waals surface area contributed by atoms with Crippen LogP contribution in [0, 0.1) is 6.92 Å². The fraction of sp³-hybridized carbons (Fsp3) is 0.333. The van der Waals surface area contributed by atoms with Gasteiger partial charge in [0.1, 0.15) is 0 Å². The van der Waals surface area contributed by atoms with Crippen LogP contribution in [0.15, 0.2) is 30.3 Å². The third-order valence-corrected chi connectivity index (χ3v) is 2.89. The molecule has 2 N–H and O–H groups in total. The Balaban J connectivity index is 2.49. The van der Waals surface area contributed by atoms with Gasteiger partial charge >= 0.3 is 0 Å². The zero-order chi connectivity index (χ0) is 13.1. The Labute approximate surface area is 108 Å². The third-order valence-electron chi connectivity index (χ3n) is 2.89. The molecule has 0 spiro atoms. The molecule has 2 aromatic rings. The first-order valence-electron chi connectivity index (χ1n) is 6.25. The molecule has 0 saturated heterocycles. The summed E-state index contributed by atoms with van der Waals surface area (Å²) in [5.74, 6) is 1.19. The lowest BCUT2D eigenvalue weighted by Crippen LogP contribution is -2.01. The van der Waals surface area contributed by atoms with E-state index in [2.05, 4.69) is 29.9 Å². The molecule has 2 rings (SSSR count). The normalized spacial score (nSPS) is 10.9. The lowest BCUT2D eigenvalue weighted by atomic mass is 10.1. The smallest absolute Gasteiger partial charge is 0.159 e. The van der Waals surface area contributed by atoms with Crippen molar-refractivity contribution < 1.29 is 0 Å². The topological polar surface area (TPSA) is 51.8 Å². The molecule has 0 aliphatic carbocycles. The molecule has 0 fully saturated rings. The molecule has 0 aliphatic heterocycles. The van der Waals surface area contributed by atoms with E-state index in [-0.39, 0.29) is 0 Å². The number of benzene rings is 1. The van der Waals surface area contributed by atoms with Gasteiger partial charge in [-0.2, -0.15) is 0 Å². The van der Waals surface area contributed by atoms with Crippen molar-refractivity contribution in [3.05, 3.63) is 47.3 Å². The second-order valence-corrected chi connectivity index (χ2v) is 4.82. The second kappa shape index (κ2) is 5.27. The standard InChI is InChI=1S/C15H19N3/c1-10(2)14-7-11(3)17-15(18-14)13-6-4-5-12(8-13)9-16/h4-8,10H,9,16H2,1-3H3. The van der Waals surface area contributed by atoms with Gasteiger partial charge in [-0.3, -0.25) is 0 Å². The first-order chi connectivity index (χ1) is 8.60. The molecule has 3 nitrogen and oxygen atoms in total. The Bertz CT molecular complexity index is 547.